The molecule has 1 aliphatic heterocycles. The van der Waals surface area contributed by atoms with Crippen LogP contribution >= 0.6 is 35.6 Å². The van der Waals surface area contributed by atoms with E-state index in [1.807, 2.05) is 0 Å². The minimum atomic E-state index is -1.34. The second kappa shape index (κ2) is 5.73. The molecule has 1 aromatic rings. The Bertz CT molecular complexity index is 583. The van der Waals surface area contributed by atoms with Gasteiger partial charge in [0.1, 0.15) is 4.32 Å². The molecule has 4 nitrogen and oxygen atoms in total. The zero-order chi connectivity index (χ0) is 14.0. The predicted octanol–water partition coefficient (Wildman–Crippen LogP) is 1.29. The molecule has 0 spiro atoms. The van der Waals surface area contributed by atoms with E-state index in [2.05, 4.69) is 0 Å². The number of carboxylic acid groups (broad SMARTS) is 1. The summed E-state index contributed by atoms with van der Waals surface area (Å²) in [5, 5.41) is 11.1. The number of hydrogen-bond acceptors (Lipinski definition) is 5. The van der Waals surface area contributed by atoms with Gasteiger partial charge in [0, 0.05) is 5.02 Å². The highest BCUT2D eigenvalue weighted by Crippen LogP contribution is 2.32. The number of benzene rings is 1. The first-order valence-electron chi connectivity index (χ1n) is 5.18. The van der Waals surface area contributed by atoms with Gasteiger partial charge < -0.3 is 9.90 Å². The van der Waals surface area contributed by atoms with E-state index in [0.29, 0.717) is 9.93 Å². The average Bonchev–Trinajstić information content (AvgIpc) is 2.60. The van der Waals surface area contributed by atoms with E-state index in [0.717, 1.165) is 22.2 Å². The Morgan fingerprint density at radius 1 is 1.42 bits per heavy atom. The molecule has 7 heteroatoms. The van der Waals surface area contributed by atoms with Crippen molar-refractivity contribution in [1.82, 2.24) is 4.90 Å². The molecule has 0 unspecified atom stereocenters. The van der Waals surface area contributed by atoms with Gasteiger partial charge >= 0.3 is 0 Å². The molecule has 0 N–H and O–H groups in total. The Morgan fingerprint density at radius 2 is 2.05 bits per heavy atom. The van der Waals surface area contributed by atoms with E-state index >= 15 is 0 Å². The number of aliphatic carboxylic acids is 1. The molecule has 0 bridgehead atoms. The number of carbonyl (C=O) groups excluding carboxylic acids is 2. The number of thiocarbonyl (C=S) groups is 1. The van der Waals surface area contributed by atoms with E-state index in [-0.39, 0.29) is 4.32 Å². The summed E-state index contributed by atoms with van der Waals surface area (Å²) in [5.41, 5.74) is 0.790. The molecule has 1 aromatic carbocycles. The van der Waals surface area contributed by atoms with Crippen molar-refractivity contribution < 1.29 is 14.7 Å². The second-order valence-electron chi connectivity index (χ2n) is 3.69. The summed E-state index contributed by atoms with van der Waals surface area (Å²) in [7, 11) is 0. The third-order valence-corrected chi connectivity index (χ3v) is 3.96. The lowest BCUT2D eigenvalue weighted by Gasteiger charge is -2.14. The van der Waals surface area contributed by atoms with E-state index in [4.69, 9.17) is 23.8 Å². The Morgan fingerprint density at radius 3 is 2.63 bits per heavy atom. The summed E-state index contributed by atoms with van der Waals surface area (Å²) in [6, 6.07) is 6.92. The molecule has 98 valence electrons. The zero-order valence-corrected chi connectivity index (χ0v) is 11.8. The Hall–Kier alpha value is -1.37. The van der Waals surface area contributed by atoms with Gasteiger partial charge in [0.05, 0.1) is 17.4 Å². The maximum Gasteiger partial charge on any atom is 0.266 e. The summed E-state index contributed by atoms with van der Waals surface area (Å²) in [6.07, 6.45) is 1.64. The molecule has 1 fully saturated rings. The number of carbonyl (C=O) groups is 2. The molecule has 0 atom stereocenters. The number of amides is 1. The van der Waals surface area contributed by atoms with Crippen molar-refractivity contribution in [3.8, 4) is 0 Å². The smallest absolute Gasteiger partial charge is 0.266 e. The summed E-state index contributed by atoms with van der Waals surface area (Å²) in [4.78, 5) is 23.9. The van der Waals surface area contributed by atoms with Crippen molar-refractivity contribution in [2.24, 2.45) is 0 Å². The Kier molecular flexibility index (Phi) is 4.24. The van der Waals surface area contributed by atoms with Gasteiger partial charge in [-0.15, -0.1) is 0 Å². The standard InChI is InChI=1S/C12H8ClNO3S2/c13-8-3-1-7(2-4-8)5-9-11(17)14(6-10(15)16)12(18)19-9/h1-5H,6H2,(H,15,16)/p-1/b9-5-. The third-order valence-electron chi connectivity index (χ3n) is 2.33. The summed E-state index contributed by atoms with van der Waals surface area (Å²) in [6.45, 7) is -0.525. The topological polar surface area (TPSA) is 60.4 Å². The minimum Gasteiger partial charge on any atom is -0.548 e. The number of hydrogen-bond donors (Lipinski definition) is 0. The molecule has 19 heavy (non-hydrogen) atoms. The average molecular weight is 313 g/mol. The molecule has 2 rings (SSSR count). The van der Waals surface area contributed by atoms with Crippen molar-refractivity contribution >= 4 is 57.9 Å². The number of halogens is 1. The quantitative estimate of drug-likeness (QED) is 0.622. The van der Waals surface area contributed by atoms with Crippen molar-refractivity contribution in [3.63, 3.8) is 0 Å². The highest BCUT2D eigenvalue weighted by molar-refractivity contribution is 8.26. The van der Waals surface area contributed by atoms with Crippen LogP contribution < -0.4 is 5.11 Å². The maximum absolute atomic E-state index is 12.0. The van der Waals surface area contributed by atoms with Crippen molar-refractivity contribution in [2.45, 2.75) is 0 Å². The first kappa shape index (κ1) is 14.0. The molecule has 0 saturated carbocycles. The lowest BCUT2D eigenvalue weighted by Crippen LogP contribution is -2.40. The molecular formula is C12H7ClNO3S2-. The largest absolute Gasteiger partial charge is 0.548 e. The molecule has 0 radical (unpaired) electrons. The minimum absolute atomic E-state index is 0.217. The fraction of sp³-hybridized carbons (Fsp3) is 0.0833. The zero-order valence-electron chi connectivity index (χ0n) is 9.46. The van der Waals surface area contributed by atoms with Crippen LogP contribution in [-0.4, -0.2) is 27.6 Å². The number of carboxylic acids is 1. The maximum atomic E-state index is 12.0. The SMILES string of the molecule is O=C([O-])CN1C(=O)/C(=C/c2ccc(Cl)cc2)SC1=S. The lowest BCUT2D eigenvalue weighted by atomic mass is 10.2. The van der Waals surface area contributed by atoms with Crippen LogP contribution in [0.3, 0.4) is 0 Å². The molecule has 0 aromatic heterocycles. The molecule has 1 heterocycles. The third kappa shape index (κ3) is 3.34. The van der Waals surface area contributed by atoms with Crippen LogP contribution in [0.2, 0.25) is 5.02 Å². The van der Waals surface area contributed by atoms with Crippen LogP contribution in [0, 0.1) is 0 Å². The van der Waals surface area contributed by atoms with Crippen LogP contribution in [0.15, 0.2) is 29.2 Å². The van der Waals surface area contributed by atoms with Gasteiger partial charge in [-0.25, -0.2) is 0 Å². The van der Waals surface area contributed by atoms with Crippen LogP contribution in [0.4, 0.5) is 0 Å². The van der Waals surface area contributed by atoms with E-state index in [1.54, 1.807) is 30.3 Å². The van der Waals surface area contributed by atoms with Crippen LogP contribution in [0.5, 0.6) is 0 Å². The Labute approximate surface area is 124 Å². The summed E-state index contributed by atoms with van der Waals surface area (Å²) in [5.74, 6) is -1.77. The highest BCUT2D eigenvalue weighted by atomic mass is 35.5. The molecule has 0 aliphatic carbocycles. The van der Waals surface area contributed by atoms with E-state index in [1.165, 1.54) is 0 Å². The second-order valence-corrected chi connectivity index (χ2v) is 5.80. The molecular weight excluding hydrogens is 306 g/mol. The van der Waals surface area contributed by atoms with Gasteiger partial charge in [-0.05, 0) is 23.8 Å². The van der Waals surface area contributed by atoms with Gasteiger partial charge in [0.15, 0.2) is 0 Å². The molecule has 1 amide bonds. The van der Waals surface area contributed by atoms with Gasteiger partial charge in [-0.1, -0.05) is 47.7 Å². The van der Waals surface area contributed by atoms with Crippen LogP contribution in [0.1, 0.15) is 5.56 Å². The van der Waals surface area contributed by atoms with E-state index < -0.39 is 18.4 Å². The predicted molar refractivity (Wildman–Crippen MR) is 76.3 cm³/mol. The first-order chi connectivity index (χ1) is 8.97. The first-order valence-corrected chi connectivity index (χ1v) is 6.78. The van der Waals surface area contributed by atoms with Gasteiger partial charge in [0.25, 0.3) is 5.91 Å². The highest BCUT2D eigenvalue weighted by Gasteiger charge is 2.31. The summed E-state index contributed by atoms with van der Waals surface area (Å²) < 4.78 is 0.217. The fourth-order valence-electron chi connectivity index (χ4n) is 1.48. The monoisotopic (exact) mass is 312 g/mol. The van der Waals surface area contributed by atoms with Gasteiger partial charge in [0.2, 0.25) is 0 Å². The van der Waals surface area contributed by atoms with Gasteiger partial charge in [-0.3, -0.25) is 9.69 Å². The van der Waals surface area contributed by atoms with Crippen molar-refractivity contribution in [1.29, 1.82) is 0 Å². The van der Waals surface area contributed by atoms with Crippen LogP contribution in [0.25, 0.3) is 6.08 Å². The molecule has 1 aliphatic rings. The lowest BCUT2D eigenvalue weighted by molar-refractivity contribution is -0.305. The van der Waals surface area contributed by atoms with Gasteiger partial charge in [-0.2, -0.15) is 0 Å². The van der Waals surface area contributed by atoms with E-state index in [9.17, 15) is 14.7 Å². The van der Waals surface area contributed by atoms with Crippen molar-refractivity contribution in [2.75, 3.05) is 6.54 Å². The number of nitrogens with zero attached hydrogens (tertiary/aromatic N) is 1. The fourth-order valence-corrected chi connectivity index (χ4v) is 2.86. The van der Waals surface area contributed by atoms with Crippen LogP contribution in [-0.2, 0) is 9.59 Å². The number of rotatable bonds is 3. The molecule has 1 saturated heterocycles. The van der Waals surface area contributed by atoms with Crippen molar-refractivity contribution in [3.05, 3.63) is 39.8 Å². The summed E-state index contributed by atoms with van der Waals surface area (Å²) >= 11 is 11.8. The number of thioether (sulfide) groups is 1. The Balaban J connectivity index is 2.23. The normalized spacial score (nSPS) is 17.3.